The van der Waals surface area contributed by atoms with E-state index in [-0.39, 0.29) is 5.31 Å². The van der Waals surface area contributed by atoms with E-state index in [9.17, 15) is 13.3 Å². The van der Waals surface area contributed by atoms with Gasteiger partial charge < -0.3 is 4.89 Å². The molecule has 0 rings (SSSR count). The van der Waals surface area contributed by atoms with Gasteiger partial charge in [-0.25, -0.2) is 0 Å². The molecular formula is C7H11F2O2P. The molecule has 0 fully saturated rings. The van der Waals surface area contributed by atoms with Gasteiger partial charge in [0, 0.05) is 5.31 Å². The lowest BCUT2D eigenvalue weighted by Gasteiger charge is -2.10. The van der Waals surface area contributed by atoms with Crippen LogP contribution in [-0.4, -0.2) is 11.1 Å². The second-order valence-corrected chi connectivity index (χ2v) is 4.87. The van der Waals surface area contributed by atoms with Crippen molar-refractivity contribution < 1.29 is 18.2 Å². The van der Waals surface area contributed by atoms with Crippen molar-refractivity contribution >= 4 is 7.37 Å². The summed E-state index contributed by atoms with van der Waals surface area (Å²) in [5.41, 5.74) is 0.474. The maximum atomic E-state index is 11.9. The molecule has 5 heteroatoms. The normalized spacial score (nSPS) is 17.7. The highest BCUT2D eigenvalue weighted by Gasteiger charge is 2.32. The van der Waals surface area contributed by atoms with Gasteiger partial charge in [0.05, 0.1) is 0 Å². The number of hydrogen-bond acceptors (Lipinski definition) is 1. The summed E-state index contributed by atoms with van der Waals surface area (Å²) in [4.78, 5) is 8.81. The summed E-state index contributed by atoms with van der Waals surface area (Å²) < 4.78 is 34.7. The first-order chi connectivity index (χ1) is 5.28. The van der Waals surface area contributed by atoms with Gasteiger partial charge in [0.15, 0.2) is 0 Å². The van der Waals surface area contributed by atoms with E-state index < -0.39 is 13.5 Å². The van der Waals surface area contributed by atoms with Crippen LogP contribution in [-0.2, 0) is 4.57 Å². The molecular weight excluding hydrogens is 185 g/mol. The largest absolute Gasteiger partial charge is 0.337 e. The van der Waals surface area contributed by atoms with E-state index >= 15 is 0 Å². The Morgan fingerprint density at radius 2 is 2.00 bits per heavy atom. The van der Waals surface area contributed by atoms with Gasteiger partial charge in [0.2, 0.25) is 0 Å². The van der Waals surface area contributed by atoms with Gasteiger partial charge in [-0.2, -0.15) is 8.78 Å². The van der Waals surface area contributed by atoms with Gasteiger partial charge >= 0.3 is 6.17 Å². The third-order valence-electron chi connectivity index (χ3n) is 1.23. The van der Waals surface area contributed by atoms with E-state index in [0.29, 0.717) is 5.57 Å². The van der Waals surface area contributed by atoms with Crippen molar-refractivity contribution in [1.82, 2.24) is 0 Å². The van der Waals surface area contributed by atoms with Gasteiger partial charge in [0.1, 0.15) is 0 Å². The maximum Gasteiger partial charge on any atom is 0.316 e. The van der Waals surface area contributed by atoms with Crippen molar-refractivity contribution in [2.75, 3.05) is 0 Å². The predicted molar refractivity (Wildman–Crippen MR) is 44.4 cm³/mol. The topological polar surface area (TPSA) is 37.3 Å². The average Bonchev–Trinajstić information content (AvgIpc) is 1.85. The Morgan fingerprint density at radius 3 is 2.25 bits per heavy atom. The molecule has 1 atom stereocenters. The number of allylic oxidation sites excluding steroid dienone is 3. The van der Waals surface area contributed by atoms with E-state index in [2.05, 4.69) is 6.58 Å². The van der Waals surface area contributed by atoms with Gasteiger partial charge in [-0.05, 0) is 13.8 Å². The Labute approximate surface area is 70.1 Å². The van der Waals surface area contributed by atoms with Crippen molar-refractivity contribution in [2.45, 2.75) is 20.0 Å². The van der Waals surface area contributed by atoms with Crippen LogP contribution in [0.1, 0.15) is 13.8 Å². The fourth-order valence-electron chi connectivity index (χ4n) is 0.603. The van der Waals surface area contributed by atoms with Gasteiger partial charge in [-0.3, -0.25) is 4.57 Å². The molecule has 0 amide bonds. The molecule has 2 nitrogen and oxygen atoms in total. The third kappa shape index (κ3) is 2.88. The van der Waals surface area contributed by atoms with E-state index in [0.717, 1.165) is 0 Å². The Hall–Kier alpha value is -0.470. The van der Waals surface area contributed by atoms with Crippen LogP contribution in [0, 0.1) is 0 Å². The van der Waals surface area contributed by atoms with Crippen LogP contribution in [0.2, 0.25) is 0 Å². The summed E-state index contributed by atoms with van der Waals surface area (Å²) >= 11 is 0. The zero-order valence-electron chi connectivity index (χ0n) is 6.92. The fourth-order valence-corrected chi connectivity index (χ4v) is 1.32. The molecule has 0 aliphatic rings. The van der Waals surface area contributed by atoms with Gasteiger partial charge in [-0.15, -0.1) is 0 Å². The molecule has 0 aliphatic carbocycles. The van der Waals surface area contributed by atoms with E-state index in [1.807, 2.05) is 0 Å². The number of rotatable bonds is 3. The Morgan fingerprint density at radius 1 is 1.58 bits per heavy atom. The first-order valence-electron chi connectivity index (χ1n) is 3.23. The molecule has 1 unspecified atom stereocenters. The number of hydrogen-bond donors (Lipinski definition) is 1. The molecule has 0 aromatic heterocycles. The summed E-state index contributed by atoms with van der Waals surface area (Å²) in [6.45, 7) is 6.17. The number of halogens is 2. The number of alkyl halides is 2. The van der Waals surface area contributed by atoms with Crippen LogP contribution in [0.3, 0.4) is 0 Å². The maximum absolute atomic E-state index is 11.9. The van der Waals surface area contributed by atoms with Crippen molar-refractivity contribution in [1.29, 1.82) is 0 Å². The molecule has 70 valence electrons. The van der Waals surface area contributed by atoms with Crippen LogP contribution in [0.5, 0.6) is 0 Å². The zero-order valence-corrected chi connectivity index (χ0v) is 7.81. The Kier molecular flexibility index (Phi) is 3.81. The molecule has 0 saturated carbocycles. The monoisotopic (exact) mass is 196 g/mol. The molecule has 0 heterocycles. The highest BCUT2D eigenvalue weighted by molar-refractivity contribution is 7.62. The van der Waals surface area contributed by atoms with Crippen molar-refractivity contribution in [3.05, 3.63) is 23.5 Å². The minimum atomic E-state index is -4.44. The first-order valence-corrected chi connectivity index (χ1v) is 4.96. The second kappa shape index (κ2) is 3.97. The zero-order chi connectivity index (χ0) is 9.94. The molecule has 0 saturated heterocycles. The smallest absolute Gasteiger partial charge is 0.316 e. The minimum absolute atomic E-state index is 0.218. The highest BCUT2D eigenvalue weighted by atomic mass is 31.2. The summed E-state index contributed by atoms with van der Waals surface area (Å²) in [6.07, 6.45) is -2.03. The van der Waals surface area contributed by atoms with Gasteiger partial charge in [-0.1, -0.05) is 18.2 Å². The first kappa shape index (κ1) is 11.5. The lowest BCUT2D eigenvalue weighted by Crippen LogP contribution is -1.94. The Bertz CT molecular complexity index is 258. The molecule has 0 radical (unpaired) electrons. The lowest BCUT2D eigenvalue weighted by atomic mass is 10.3. The van der Waals surface area contributed by atoms with Crippen molar-refractivity contribution in [3.8, 4) is 0 Å². The molecule has 0 aromatic rings. The fraction of sp³-hybridized carbons (Fsp3) is 0.429. The standard InChI is InChI=1S/C7H11F2O2P/c1-5(2)4-6(3)12(10,11)7(8)9/h4,7H,1H2,2-3H3,(H,10,11)/b6-4+. The molecule has 0 aliphatic heterocycles. The highest BCUT2D eigenvalue weighted by Crippen LogP contribution is 2.55. The quantitative estimate of drug-likeness (QED) is 0.556. The van der Waals surface area contributed by atoms with Crippen LogP contribution in [0.25, 0.3) is 0 Å². The van der Waals surface area contributed by atoms with E-state index in [4.69, 9.17) is 4.89 Å². The van der Waals surface area contributed by atoms with Crippen LogP contribution in [0.4, 0.5) is 8.78 Å². The molecule has 12 heavy (non-hydrogen) atoms. The Balaban J connectivity index is 4.81. The van der Waals surface area contributed by atoms with Crippen molar-refractivity contribution in [2.24, 2.45) is 0 Å². The second-order valence-electron chi connectivity index (χ2n) is 2.53. The summed E-state index contributed by atoms with van der Waals surface area (Å²) in [5, 5.41) is -0.218. The predicted octanol–water partition coefficient (Wildman–Crippen LogP) is 2.96. The van der Waals surface area contributed by atoms with Gasteiger partial charge in [0.25, 0.3) is 7.37 Å². The summed E-state index contributed by atoms with van der Waals surface area (Å²) in [7, 11) is -4.44. The lowest BCUT2D eigenvalue weighted by molar-refractivity contribution is 0.216. The van der Waals surface area contributed by atoms with Crippen LogP contribution < -0.4 is 0 Å². The molecule has 0 spiro atoms. The van der Waals surface area contributed by atoms with Crippen LogP contribution in [0.15, 0.2) is 23.5 Å². The van der Waals surface area contributed by atoms with E-state index in [1.165, 1.54) is 13.0 Å². The molecule has 0 aromatic carbocycles. The van der Waals surface area contributed by atoms with E-state index in [1.54, 1.807) is 6.92 Å². The molecule has 0 bridgehead atoms. The average molecular weight is 196 g/mol. The molecule has 1 N–H and O–H groups in total. The minimum Gasteiger partial charge on any atom is -0.337 e. The summed E-state index contributed by atoms with van der Waals surface area (Å²) in [6, 6.07) is 0. The SMILES string of the molecule is C=C(C)/C=C(\C)P(=O)(O)C(F)F. The summed E-state index contributed by atoms with van der Waals surface area (Å²) in [5.74, 6) is 0. The third-order valence-corrected chi connectivity index (χ3v) is 2.89. The van der Waals surface area contributed by atoms with Crippen LogP contribution >= 0.6 is 7.37 Å². The van der Waals surface area contributed by atoms with Crippen molar-refractivity contribution in [3.63, 3.8) is 0 Å².